The quantitative estimate of drug-likeness (QED) is 0.253. The molecule has 0 spiro atoms. The Hall–Kier alpha value is -1.48. The van der Waals surface area contributed by atoms with Crippen LogP contribution in [0.5, 0.6) is 0 Å². The number of unbranched alkanes of at least 4 members (excludes halogenated alkanes) is 3. The monoisotopic (exact) mass is 444 g/mol. The highest BCUT2D eigenvalue weighted by Gasteiger charge is 2.53. The Labute approximate surface area is 185 Å². The molecule has 7 atom stereocenters. The van der Waals surface area contributed by atoms with E-state index >= 15 is 0 Å². The lowest BCUT2D eigenvalue weighted by atomic mass is 9.77. The van der Waals surface area contributed by atoms with E-state index in [1.165, 1.54) is 33.8 Å². The number of cyclic esters (lactones) is 1. The molecule has 8 nitrogen and oxygen atoms in total. The van der Waals surface area contributed by atoms with Crippen molar-refractivity contribution in [2.75, 3.05) is 0 Å². The van der Waals surface area contributed by atoms with Gasteiger partial charge in [-0.15, -0.1) is 0 Å². The molecule has 0 saturated carbocycles. The first kappa shape index (κ1) is 27.6. The number of aliphatic hydroxyl groups is 4. The first-order valence-electron chi connectivity index (χ1n) is 11.1. The number of carbonyl (C=O) groups is 2. The van der Waals surface area contributed by atoms with Crippen LogP contribution < -0.4 is 0 Å². The van der Waals surface area contributed by atoms with Crippen LogP contribution in [0.15, 0.2) is 12.2 Å². The molecule has 0 radical (unpaired) electrons. The predicted molar refractivity (Wildman–Crippen MR) is 115 cm³/mol. The highest BCUT2D eigenvalue weighted by atomic mass is 16.6. The smallest absolute Gasteiger partial charge is 0.330 e. The van der Waals surface area contributed by atoms with Crippen molar-refractivity contribution in [3.63, 3.8) is 0 Å². The lowest BCUT2D eigenvalue weighted by Gasteiger charge is -2.41. The molecular formula is C23H40O8. The van der Waals surface area contributed by atoms with Crippen molar-refractivity contribution in [3.05, 3.63) is 12.2 Å². The van der Waals surface area contributed by atoms with Crippen molar-refractivity contribution < 1.29 is 39.5 Å². The highest BCUT2D eigenvalue weighted by molar-refractivity contribution is 5.82. The number of esters is 2. The first-order valence-corrected chi connectivity index (χ1v) is 11.1. The normalized spacial score (nSPS) is 35.0. The SMILES string of the molecule is CCCCCC[C@@H](O)/C=C/C(=O)O[C@@H]1[C@@H](C)[C@H](O)[C@@](C)(O)[C@H](O)[C@@H](C)C(=O)OC1(C)C. The minimum atomic E-state index is -2.03. The molecule has 1 rings (SSSR count). The van der Waals surface area contributed by atoms with E-state index in [0.29, 0.717) is 6.42 Å². The molecule has 31 heavy (non-hydrogen) atoms. The van der Waals surface area contributed by atoms with Gasteiger partial charge in [0.25, 0.3) is 0 Å². The van der Waals surface area contributed by atoms with Crippen molar-refractivity contribution in [1.29, 1.82) is 0 Å². The van der Waals surface area contributed by atoms with Crippen LogP contribution in [0.3, 0.4) is 0 Å². The third kappa shape index (κ3) is 7.27. The largest absolute Gasteiger partial charge is 0.455 e. The molecule has 8 heteroatoms. The van der Waals surface area contributed by atoms with Crippen molar-refractivity contribution in [1.82, 2.24) is 0 Å². The molecule has 1 fully saturated rings. The van der Waals surface area contributed by atoms with Gasteiger partial charge in [-0.1, -0.05) is 39.5 Å². The lowest BCUT2D eigenvalue weighted by Crippen LogP contribution is -2.58. The Kier molecular flexibility index (Phi) is 10.1. The third-order valence-electron chi connectivity index (χ3n) is 6.12. The van der Waals surface area contributed by atoms with Gasteiger partial charge in [0.05, 0.1) is 24.2 Å². The number of hydrogen-bond donors (Lipinski definition) is 4. The van der Waals surface area contributed by atoms with Crippen molar-refractivity contribution >= 4 is 11.9 Å². The van der Waals surface area contributed by atoms with Crippen LogP contribution in [0.25, 0.3) is 0 Å². The maximum Gasteiger partial charge on any atom is 0.330 e. The Bertz CT molecular complexity index is 627. The summed E-state index contributed by atoms with van der Waals surface area (Å²) in [6, 6.07) is 0. The number of aliphatic hydroxyl groups excluding tert-OH is 3. The van der Waals surface area contributed by atoms with Gasteiger partial charge in [0.15, 0.2) is 0 Å². The lowest BCUT2D eigenvalue weighted by molar-refractivity contribution is -0.192. The molecule has 0 amide bonds. The average molecular weight is 445 g/mol. The van der Waals surface area contributed by atoms with E-state index in [0.717, 1.165) is 31.8 Å². The van der Waals surface area contributed by atoms with E-state index in [9.17, 15) is 30.0 Å². The number of rotatable bonds is 8. The molecule has 0 aromatic rings. The van der Waals surface area contributed by atoms with Crippen LogP contribution in [0.2, 0.25) is 0 Å². The zero-order valence-corrected chi connectivity index (χ0v) is 19.6. The van der Waals surface area contributed by atoms with E-state index in [-0.39, 0.29) is 0 Å². The van der Waals surface area contributed by atoms with Gasteiger partial charge in [0.2, 0.25) is 0 Å². The zero-order valence-electron chi connectivity index (χ0n) is 19.6. The summed E-state index contributed by atoms with van der Waals surface area (Å²) in [6.45, 7) is 9.35. The van der Waals surface area contributed by atoms with Gasteiger partial charge < -0.3 is 29.9 Å². The highest BCUT2D eigenvalue weighted by Crippen LogP contribution is 2.36. The summed E-state index contributed by atoms with van der Waals surface area (Å²) in [5, 5.41) is 41.9. The standard InChI is InChI=1S/C23H40O8/c1-7-8-9-10-11-16(24)12-13-17(25)30-20-14(2)18(26)23(6,29)19(27)15(3)21(28)31-22(20,4)5/h12-16,18-20,24,26-27,29H,7-11H2,1-6H3/b13-12+/t14-,15+,16+,18-,19+,20+,23+/m0/s1. The molecule has 180 valence electrons. The molecule has 0 aliphatic carbocycles. The fourth-order valence-electron chi connectivity index (χ4n) is 4.03. The molecule has 0 bridgehead atoms. The summed E-state index contributed by atoms with van der Waals surface area (Å²) in [7, 11) is 0. The van der Waals surface area contributed by atoms with E-state index in [1.807, 2.05) is 0 Å². The molecule has 1 aliphatic rings. The summed E-state index contributed by atoms with van der Waals surface area (Å²) in [5.41, 5.74) is -3.37. The van der Waals surface area contributed by atoms with Crippen LogP contribution in [-0.4, -0.2) is 68.0 Å². The summed E-state index contributed by atoms with van der Waals surface area (Å²) in [6.07, 6.45) is 2.04. The Morgan fingerprint density at radius 1 is 1.16 bits per heavy atom. The minimum absolute atomic E-state index is 0.532. The molecule has 0 aromatic heterocycles. The van der Waals surface area contributed by atoms with Crippen LogP contribution in [0, 0.1) is 11.8 Å². The summed E-state index contributed by atoms with van der Waals surface area (Å²) >= 11 is 0. The fraction of sp³-hybridized carbons (Fsp3) is 0.826. The maximum atomic E-state index is 12.5. The minimum Gasteiger partial charge on any atom is -0.455 e. The number of carbonyl (C=O) groups excluding carboxylic acids is 2. The molecule has 0 unspecified atom stereocenters. The van der Waals surface area contributed by atoms with Gasteiger partial charge in [-0.25, -0.2) is 4.79 Å². The van der Waals surface area contributed by atoms with Crippen LogP contribution in [0.4, 0.5) is 0 Å². The van der Waals surface area contributed by atoms with Crippen LogP contribution in [0.1, 0.15) is 73.6 Å². The van der Waals surface area contributed by atoms with Crippen molar-refractivity contribution in [3.8, 4) is 0 Å². The molecule has 1 aliphatic heterocycles. The fourth-order valence-corrected chi connectivity index (χ4v) is 4.03. The van der Waals surface area contributed by atoms with E-state index in [1.54, 1.807) is 6.92 Å². The van der Waals surface area contributed by atoms with Gasteiger partial charge >= 0.3 is 11.9 Å². The van der Waals surface area contributed by atoms with E-state index in [2.05, 4.69) is 6.92 Å². The Balaban J connectivity index is 3.00. The van der Waals surface area contributed by atoms with Crippen LogP contribution >= 0.6 is 0 Å². The van der Waals surface area contributed by atoms with E-state index < -0.39 is 59.4 Å². The van der Waals surface area contributed by atoms with Crippen molar-refractivity contribution in [2.24, 2.45) is 11.8 Å². The molecule has 0 aromatic carbocycles. The first-order chi connectivity index (χ1) is 14.3. The Morgan fingerprint density at radius 3 is 2.35 bits per heavy atom. The van der Waals surface area contributed by atoms with Crippen molar-refractivity contribution in [2.45, 2.75) is 109 Å². The zero-order chi connectivity index (χ0) is 24.0. The predicted octanol–water partition coefficient (Wildman–Crippen LogP) is 1.87. The molecular weight excluding hydrogens is 404 g/mol. The van der Waals surface area contributed by atoms with Gasteiger partial charge in [-0.05, 0) is 40.2 Å². The molecule has 4 N–H and O–H groups in total. The second-order valence-corrected chi connectivity index (χ2v) is 9.42. The maximum absolute atomic E-state index is 12.5. The van der Waals surface area contributed by atoms with Crippen LogP contribution in [-0.2, 0) is 19.1 Å². The van der Waals surface area contributed by atoms with Gasteiger partial charge in [-0.3, -0.25) is 4.79 Å². The summed E-state index contributed by atoms with van der Waals surface area (Å²) < 4.78 is 11.0. The van der Waals surface area contributed by atoms with Gasteiger partial charge in [0, 0.05) is 12.0 Å². The second kappa shape index (κ2) is 11.4. The van der Waals surface area contributed by atoms with Gasteiger partial charge in [-0.2, -0.15) is 0 Å². The number of hydrogen-bond acceptors (Lipinski definition) is 8. The average Bonchev–Trinajstić information content (AvgIpc) is 2.70. The topological polar surface area (TPSA) is 134 Å². The number of ether oxygens (including phenoxy) is 2. The summed E-state index contributed by atoms with van der Waals surface area (Å²) in [5.74, 6) is -3.53. The summed E-state index contributed by atoms with van der Waals surface area (Å²) in [4.78, 5) is 24.9. The molecule has 1 heterocycles. The van der Waals surface area contributed by atoms with E-state index in [4.69, 9.17) is 9.47 Å². The third-order valence-corrected chi connectivity index (χ3v) is 6.12. The Morgan fingerprint density at radius 2 is 1.77 bits per heavy atom. The molecule has 1 saturated heterocycles. The van der Waals surface area contributed by atoms with Gasteiger partial charge in [0.1, 0.15) is 17.3 Å². The second-order valence-electron chi connectivity index (χ2n) is 9.42.